The largest absolute Gasteiger partial charge is 0.463 e. The van der Waals surface area contributed by atoms with Crippen LogP contribution in [-0.2, 0) is 9.53 Å². The van der Waals surface area contributed by atoms with E-state index in [1.54, 1.807) is 0 Å². The van der Waals surface area contributed by atoms with Gasteiger partial charge >= 0.3 is 5.97 Å². The summed E-state index contributed by atoms with van der Waals surface area (Å²) in [5.41, 5.74) is 0.907. The third-order valence-corrected chi connectivity index (χ3v) is 5.29. The van der Waals surface area contributed by atoms with Crippen molar-refractivity contribution in [1.82, 2.24) is 0 Å². The van der Waals surface area contributed by atoms with Crippen molar-refractivity contribution in [1.29, 1.82) is 0 Å². The Balaban J connectivity index is 2.91. The van der Waals surface area contributed by atoms with Gasteiger partial charge < -0.3 is 4.74 Å². The highest BCUT2D eigenvalue weighted by Gasteiger charge is 2.26. The first-order chi connectivity index (χ1) is 9.37. The molecule has 0 aromatic rings. The fourth-order valence-corrected chi connectivity index (χ4v) is 4.35. The molecule has 0 saturated heterocycles. The molecule has 1 fully saturated rings. The lowest BCUT2D eigenvalue weighted by Crippen LogP contribution is -2.25. The van der Waals surface area contributed by atoms with E-state index in [9.17, 15) is 4.79 Å². The Morgan fingerprint density at radius 2 is 1.85 bits per heavy atom. The minimum atomic E-state index is -1.32. The van der Waals surface area contributed by atoms with Crippen molar-refractivity contribution in [2.24, 2.45) is 11.8 Å². The van der Waals surface area contributed by atoms with Gasteiger partial charge in [-0.15, -0.1) is 6.58 Å². The van der Waals surface area contributed by atoms with Crippen LogP contribution in [0.25, 0.3) is 0 Å². The number of carbonyl (C=O) groups excluding carboxylic acids is 1. The maximum absolute atomic E-state index is 12.2. The molecule has 2 nitrogen and oxygen atoms in total. The second-order valence-electron chi connectivity index (χ2n) is 7.00. The molecule has 0 heterocycles. The van der Waals surface area contributed by atoms with Crippen LogP contribution in [0.3, 0.4) is 0 Å². The highest BCUT2D eigenvalue weighted by atomic mass is 28.3. The van der Waals surface area contributed by atoms with Gasteiger partial charge in [0.1, 0.15) is 0 Å². The minimum absolute atomic E-state index is 0.108. The van der Waals surface area contributed by atoms with Crippen molar-refractivity contribution in [2.75, 3.05) is 6.61 Å². The first kappa shape index (κ1) is 17.2. The van der Waals surface area contributed by atoms with Crippen molar-refractivity contribution >= 4 is 14.0 Å². The quantitative estimate of drug-likeness (QED) is 0.304. The van der Waals surface area contributed by atoms with Crippen LogP contribution < -0.4 is 0 Å². The first-order valence-electron chi connectivity index (χ1n) is 7.87. The summed E-state index contributed by atoms with van der Waals surface area (Å²) < 4.78 is 5.25. The van der Waals surface area contributed by atoms with Gasteiger partial charge in [-0.05, 0) is 37.6 Å². The van der Waals surface area contributed by atoms with E-state index in [1.165, 1.54) is 25.7 Å². The van der Waals surface area contributed by atoms with Gasteiger partial charge in [0.05, 0.1) is 6.61 Å². The number of carbonyl (C=O) groups is 1. The lowest BCUT2D eigenvalue weighted by atomic mass is 9.78. The van der Waals surface area contributed by atoms with Crippen LogP contribution in [0.4, 0.5) is 0 Å². The zero-order chi connectivity index (χ0) is 15.2. The van der Waals surface area contributed by atoms with E-state index in [2.05, 4.69) is 38.4 Å². The van der Waals surface area contributed by atoms with E-state index in [0.29, 0.717) is 18.4 Å². The molecule has 1 saturated carbocycles. The molecule has 20 heavy (non-hydrogen) atoms. The molecule has 1 aliphatic carbocycles. The lowest BCUT2D eigenvalue weighted by Gasteiger charge is -2.28. The minimum Gasteiger partial charge on any atom is -0.463 e. The summed E-state index contributed by atoms with van der Waals surface area (Å²) in [5.74, 6) is 0.884. The average Bonchev–Trinajstić information content (AvgIpc) is 2.37. The van der Waals surface area contributed by atoms with Crippen molar-refractivity contribution in [3.8, 4) is 0 Å². The fourth-order valence-electron chi connectivity index (χ4n) is 2.94. The van der Waals surface area contributed by atoms with Crippen LogP contribution in [0.2, 0.25) is 25.7 Å². The standard InChI is InChI=1S/C17H30O2Si/c1-6-14-10-8-9-11-15(14)12-16(13-20(3,4)5)17(18)19-7-2/h6,12,14-15H,1,7-11,13H2,2-5H3/b16-12-/t14-,15-/m1/s1. The van der Waals surface area contributed by atoms with E-state index >= 15 is 0 Å². The van der Waals surface area contributed by atoms with Crippen molar-refractivity contribution in [3.63, 3.8) is 0 Å². The summed E-state index contributed by atoms with van der Waals surface area (Å²) in [6.07, 6.45) is 9.19. The summed E-state index contributed by atoms with van der Waals surface area (Å²) in [6.45, 7) is 13.2. The van der Waals surface area contributed by atoms with Gasteiger partial charge in [-0.3, -0.25) is 0 Å². The van der Waals surface area contributed by atoms with Crippen LogP contribution in [0.1, 0.15) is 32.6 Å². The Hall–Kier alpha value is -0.833. The van der Waals surface area contributed by atoms with E-state index in [0.717, 1.165) is 11.6 Å². The number of ether oxygens (including phenoxy) is 1. The monoisotopic (exact) mass is 294 g/mol. The molecular weight excluding hydrogens is 264 g/mol. The number of rotatable bonds is 6. The van der Waals surface area contributed by atoms with E-state index < -0.39 is 8.07 Å². The molecule has 0 unspecified atom stereocenters. The Bertz CT molecular complexity index is 366. The number of allylic oxidation sites excluding steroid dienone is 2. The fraction of sp³-hybridized carbons (Fsp3) is 0.706. The first-order valence-corrected chi connectivity index (χ1v) is 11.6. The molecule has 114 valence electrons. The summed E-state index contributed by atoms with van der Waals surface area (Å²) in [4.78, 5) is 12.2. The molecule has 3 heteroatoms. The lowest BCUT2D eigenvalue weighted by molar-refractivity contribution is -0.138. The smallest absolute Gasteiger partial charge is 0.333 e. The van der Waals surface area contributed by atoms with Crippen molar-refractivity contribution in [3.05, 3.63) is 24.3 Å². The van der Waals surface area contributed by atoms with Gasteiger partial charge in [-0.1, -0.05) is 44.6 Å². The number of hydrogen-bond acceptors (Lipinski definition) is 2. The van der Waals surface area contributed by atoms with Gasteiger partial charge in [-0.25, -0.2) is 4.79 Å². The molecule has 0 N–H and O–H groups in total. The second-order valence-corrected chi connectivity index (χ2v) is 12.5. The van der Waals surface area contributed by atoms with Gasteiger partial charge in [0.25, 0.3) is 0 Å². The summed E-state index contributed by atoms with van der Waals surface area (Å²) in [6, 6.07) is 0.909. The second kappa shape index (κ2) is 7.82. The van der Waals surface area contributed by atoms with Crippen LogP contribution >= 0.6 is 0 Å². The highest BCUT2D eigenvalue weighted by Crippen LogP contribution is 2.33. The summed E-state index contributed by atoms with van der Waals surface area (Å²) in [7, 11) is -1.32. The molecule has 0 aliphatic heterocycles. The normalized spacial score (nSPS) is 24.3. The van der Waals surface area contributed by atoms with Gasteiger partial charge in [-0.2, -0.15) is 0 Å². The molecule has 1 rings (SSSR count). The highest BCUT2D eigenvalue weighted by molar-refractivity contribution is 6.77. The Morgan fingerprint density at radius 1 is 1.25 bits per heavy atom. The van der Waals surface area contributed by atoms with E-state index in [4.69, 9.17) is 4.74 Å². The molecule has 0 aromatic heterocycles. The zero-order valence-electron chi connectivity index (χ0n) is 13.6. The average molecular weight is 295 g/mol. The summed E-state index contributed by atoms with van der Waals surface area (Å²) >= 11 is 0. The van der Waals surface area contributed by atoms with Crippen LogP contribution in [0.5, 0.6) is 0 Å². The Labute approximate surface area is 125 Å². The molecule has 1 aliphatic rings. The summed E-state index contributed by atoms with van der Waals surface area (Å²) in [5, 5.41) is 0. The Kier molecular flexibility index (Phi) is 6.73. The van der Waals surface area contributed by atoms with Crippen LogP contribution in [0, 0.1) is 11.8 Å². The van der Waals surface area contributed by atoms with Crippen LogP contribution in [-0.4, -0.2) is 20.7 Å². The Morgan fingerprint density at radius 3 is 2.35 bits per heavy atom. The number of esters is 1. The van der Waals surface area contributed by atoms with E-state index in [1.807, 2.05) is 6.92 Å². The van der Waals surface area contributed by atoms with E-state index in [-0.39, 0.29) is 5.97 Å². The zero-order valence-corrected chi connectivity index (χ0v) is 14.6. The SMILES string of the molecule is C=C[C@@H]1CCCC[C@@H]1/C=C(/C[Si](C)(C)C)C(=O)OCC. The topological polar surface area (TPSA) is 26.3 Å². The third-order valence-electron chi connectivity index (χ3n) is 3.85. The maximum Gasteiger partial charge on any atom is 0.333 e. The number of hydrogen-bond donors (Lipinski definition) is 0. The molecule has 0 aromatic carbocycles. The molecule has 0 amide bonds. The molecular formula is C17H30O2Si. The molecule has 0 bridgehead atoms. The van der Waals surface area contributed by atoms with Crippen LogP contribution in [0.15, 0.2) is 24.3 Å². The molecule has 0 spiro atoms. The molecule has 2 atom stereocenters. The van der Waals surface area contributed by atoms with Crippen molar-refractivity contribution in [2.45, 2.75) is 58.3 Å². The van der Waals surface area contributed by atoms with Crippen molar-refractivity contribution < 1.29 is 9.53 Å². The third kappa shape index (κ3) is 5.66. The predicted molar refractivity (Wildman–Crippen MR) is 88.5 cm³/mol. The van der Waals surface area contributed by atoms with Gasteiger partial charge in [0.2, 0.25) is 0 Å². The maximum atomic E-state index is 12.2. The predicted octanol–water partition coefficient (Wildman–Crippen LogP) is 4.81. The molecule has 0 radical (unpaired) electrons. The van der Waals surface area contributed by atoms with Gasteiger partial charge in [0.15, 0.2) is 0 Å². The van der Waals surface area contributed by atoms with Gasteiger partial charge in [0, 0.05) is 13.6 Å².